The van der Waals surface area contributed by atoms with Crippen LogP contribution in [-0.2, 0) is 4.74 Å². The van der Waals surface area contributed by atoms with Gasteiger partial charge >= 0.3 is 6.09 Å². The van der Waals surface area contributed by atoms with E-state index in [2.05, 4.69) is 18.0 Å². The molecule has 124 valence electrons. The van der Waals surface area contributed by atoms with Crippen molar-refractivity contribution in [1.82, 2.24) is 9.88 Å². The van der Waals surface area contributed by atoms with Crippen molar-refractivity contribution in [2.45, 2.75) is 38.8 Å². The zero-order valence-corrected chi connectivity index (χ0v) is 14.9. The van der Waals surface area contributed by atoms with E-state index in [-0.39, 0.29) is 12.1 Å². The molecule has 1 amide bonds. The van der Waals surface area contributed by atoms with Gasteiger partial charge in [0.2, 0.25) is 0 Å². The van der Waals surface area contributed by atoms with Crippen LogP contribution < -0.4 is 4.90 Å². The zero-order valence-electron chi connectivity index (χ0n) is 14.1. The summed E-state index contributed by atoms with van der Waals surface area (Å²) in [6.45, 7) is 7.10. The highest BCUT2D eigenvalue weighted by molar-refractivity contribution is 7.22. The van der Waals surface area contributed by atoms with E-state index in [4.69, 9.17) is 9.72 Å². The summed E-state index contributed by atoms with van der Waals surface area (Å²) in [7, 11) is 2.06. The molecule has 1 aliphatic rings. The van der Waals surface area contributed by atoms with Gasteiger partial charge in [-0.25, -0.2) is 9.78 Å². The van der Waals surface area contributed by atoms with E-state index in [0.717, 1.165) is 23.6 Å². The van der Waals surface area contributed by atoms with Gasteiger partial charge in [-0.3, -0.25) is 0 Å². The summed E-state index contributed by atoms with van der Waals surface area (Å²) in [6, 6.07) is 8.44. The maximum Gasteiger partial charge on any atom is 0.410 e. The van der Waals surface area contributed by atoms with Crippen LogP contribution in [0.2, 0.25) is 0 Å². The van der Waals surface area contributed by atoms with E-state index in [1.54, 1.807) is 16.2 Å². The minimum absolute atomic E-state index is 0.224. The number of hydrogen-bond donors (Lipinski definition) is 0. The molecular weight excluding hydrogens is 310 g/mol. The Morgan fingerprint density at radius 2 is 2.13 bits per heavy atom. The first-order valence-corrected chi connectivity index (χ1v) is 8.71. The number of amides is 1. The number of aromatic nitrogens is 1. The molecular formula is C17H23N3O2S. The maximum atomic E-state index is 12.2. The highest BCUT2D eigenvalue weighted by Gasteiger charge is 2.32. The van der Waals surface area contributed by atoms with Crippen LogP contribution in [0, 0.1) is 0 Å². The second-order valence-electron chi connectivity index (χ2n) is 6.94. The van der Waals surface area contributed by atoms with Gasteiger partial charge in [0.05, 0.1) is 16.3 Å². The quantitative estimate of drug-likeness (QED) is 0.840. The molecule has 0 radical (unpaired) electrons. The second kappa shape index (κ2) is 6.00. The van der Waals surface area contributed by atoms with Gasteiger partial charge < -0.3 is 14.5 Å². The van der Waals surface area contributed by atoms with Crippen molar-refractivity contribution in [3.63, 3.8) is 0 Å². The Bertz CT molecular complexity index is 674. The van der Waals surface area contributed by atoms with Gasteiger partial charge in [0.25, 0.3) is 0 Å². The fraction of sp³-hybridized carbons (Fsp3) is 0.529. The number of benzene rings is 1. The molecule has 1 fully saturated rings. The van der Waals surface area contributed by atoms with E-state index < -0.39 is 5.60 Å². The first-order valence-electron chi connectivity index (χ1n) is 7.90. The number of para-hydroxylation sites is 1. The van der Waals surface area contributed by atoms with E-state index in [0.29, 0.717) is 6.54 Å². The maximum absolute atomic E-state index is 12.2. The molecule has 3 rings (SSSR count). The average molecular weight is 333 g/mol. The lowest BCUT2D eigenvalue weighted by Crippen LogP contribution is -2.39. The van der Waals surface area contributed by atoms with E-state index >= 15 is 0 Å². The topological polar surface area (TPSA) is 45.7 Å². The van der Waals surface area contributed by atoms with Crippen LogP contribution in [0.15, 0.2) is 24.3 Å². The van der Waals surface area contributed by atoms with Crippen molar-refractivity contribution in [3.05, 3.63) is 24.3 Å². The molecule has 5 nitrogen and oxygen atoms in total. The highest BCUT2D eigenvalue weighted by atomic mass is 32.1. The Labute approximate surface area is 140 Å². The predicted octanol–water partition coefficient (Wildman–Crippen LogP) is 3.74. The minimum atomic E-state index is -0.450. The number of nitrogens with zero attached hydrogens (tertiary/aromatic N) is 3. The van der Waals surface area contributed by atoms with Crippen LogP contribution >= 0.6 is 11.3 Å². The van der Waals surface area contributed by atoms with Gasteiger partial charge in [-0.2, -0.15) is 0 Å². The fourth-order valence-corrected chi connectivity index (χ4v) is 3.72. The predicted molar refractivity (Wildman–Crippen MR) is 94.2 cm³/mol. The van der Waals surface area contributed by atoms with E-state index in [9.17, 15) is 4.79 Å². The zero-order chi connectivity index (χ0) is 16.6. The summed E-state index contributed by atoms with van der Waals surface area (Å²) in [5.74, 6) is 0. The van der Waals surface area contributed by atoms with Crippen LogP contribution in [0.1, 0.15) is 27.2 Å². The van der Waals surface area contributed by atoms with Gasteiger partial charge in [-0.05, 0) is 39.3 Å². The fourth-order valence-electron chi connectivity index (χ4n) is 2.72. The minimum Gasteiger partial charge on any atom is -0.444 e. The molecule has 0 N–H and O–H groups in total. The standard InChI is InChI=1S/C17H23N3O2S/c1-17(2,3)22-16(21)20-10-9-12(11-20)19(4)15-18-13-7-5-6-8-14(13)23-15/h5-8,12H,9-11H2,1-4H3/t12-/m1/s1. The molecule has 6 heteroatoms. The Balaban J connectivity index is 1.67. The third-order valence-corrected chi connectivity index (χ3v) is 5.07. The van der Waals surface area contributed by atoms with Crippen LogP contribution in [0.4, 0.5) is 9.93 Å². The van der Waals surface area contributed by atoms with Gasteiger partial charge in [-0.1, -0.05) is 23.5 Å². The number of carbonyl (C=O) groups excluding carboxylic acids is 1. The molecule has 2 aromatic rings. The van der Waals surface area contributed by atoms with Crippen molar-refractivity contribution in [1.29, 1.82) is 0 Å². The average Bonchev–Trinajstić information content (AvgIpc) is 3.11. The molecule has 0 spiro atoms. The summed E-state index contributed by atoms with van der Waals surface area (Å²) >= 11 is 1.69. The number of hydrogen-bond acceptors (Lipinski definition) is 5. The lowest BCUT2D eigenvalue weighted by molar-refractivity contribution is 0.0292. The number of thiazole rings is 1. The molecule has 0 aliphatic carbocycles. The summed E-state index contributed by atoms with van der Waals surface area (Å²) in [4.78, 5) is 20.9. The molecule has 1 aromatic heterocycles. The molecule has 23 heavy (non-hydrogen) atoms. The smallest absolute Gasteiger partial charge is 0.410 e. The Hall–Kier alpha value is -1.82. The molecule has 1 aliphatic heterocycles. The summed E-state index contributed by atoms with van der Waals surface area (Å²) in [5.41, 5.74) is 0.579. The van der Waals surface area contributed by atoms with Gasteiger partial charge in [-0.15, -0.1) is 0 Å². The van der Waals surface area contributed by atoms with Crippen molar-refractivity contribution in [2.75, 3.05) is 25.0 Å². The van der Waals surface area contributed by atoms with Crippen molar-refractivity contribution < 1.29 is 9.53 Å². The second-order valence-corrected chi connectivity index (χ2v) is 7.95. The van der Waals surface area contributed by atoms with Crippen molar-refractivity contribution in [2.24, 2.45) is 0 Å². The summed E-state index contributed by atoms with van der Waals surface area (Å²) < 4.78 is 6.65. The lowest BCUT2D eigenvalue weighted by atomic mass is 10.2. The number of rotatable bonds is 2. The van der Waals surface area contributed by atoms with Crippen molar-refractivity contribution >= 4 is 32.8 Å². The third kappa shape index (κ3) is 3.58. The number of likely N-dealkylation sites (N-methyl/N-ethyl adjacent to an activating group) is 1. The lowest BCUT2D eigenvalue weighted by Gasteiger charge is -2.26. The number of carbonyl (C=O) groups is 1. The first kappa shape index (κ1) is 16.1. The van der Waals surface area contributed by atoms with Crippen LogP contribution in [0.5, 0.6) is 0 Å². The molecule has 2 heterocycles. The number of fused-ring (bicyclic) bond motifs is 1. The molecule has 1 atom stereocenters. The normalized spacial score (nSPS) is 18.4. The summed E-state index contributed by atoms with van der Waals surface area (Å²) in [5, 5.41) is 1.00. The largest absolute Gasteiger partial charge is 0.444 e. The summed E-state index contributed by atoms with van der Waals surface area (Å²) in [6.07, 6.45) is 0.712. The Morgan fingerprint density at radius 3 is 2.83 bits per heavy atom. The first-order chi connectivity index (χ1) is 10.8. The molecule has 0 unspecified atom stereocenters. The molecule has 0 saturated carbocycles. The molecule has 1 saturated heterocycles. The highest BCUT2D eigenvalue weighted by Crippen LogP contribution is 2.30. The van der Waals surface area contributed by atoms with Crippen LogP contribution in [0.3, 0.4) is 0 Å². The number of anilines is 1. The van der Waals surface area contributed by atoms with Crippen LogP contribution in [-0.4, -0.2) is 47.8 Å². The third-order valence-electron chi connectivity index (χ3n) is 3.95. The molecule has 0 bridgehead atoms. The number of ether oxygens (including phenoxy) is 1. The van der Waals surface area contributed by atoms with Gasteiger partial charge in [0.1, 0.15) is 5.60 Å². The van der Waals surface area contributed by atoms with E-state index in [1.807, 2.05) is 39.0 Å². The molecule has 1 aromatic carbocycles. The van der Waals surface area contributed by atoms with Crippen molar-refractivity contribution in [3.8, 4) is 0 Å². The SMILES string of the molecule is CN(c1nc2ccccc2s1)[C@@H]1CCN(C(=O)OC(C)(C)C)C1. The Kier molecular flexibility index (Phi) is 4.19. The van der Waals surface area contributed by atoms with E-state index in [1.165, 1.54) is 4.70 Å². The number of likely N-dealkylation sites (tertiary alicyclic amines) is 1. The van der Waals surface area contributed by atoms with Gasteiger partial charge in [0, 0.05) is 20.1 Å². The monoisotopic (exact) mass is 333 g/mol. The van der Waals surface area contributed by atoms with Crippen LogP contribution in [0.25, 0.3) is 10.2 Å². The van der Waals surface area contributed by atoms with Gasteiger partial charge in [0.15, 0.2) is 5.13 Å². The Morgan fingerprint density at radius 1 is 1.39 bits per heavy atom.